The number of ether oxygens (including phenoxy) is 1. The molecule has 1 aromatic rings. The molecule has 2 aliphatic rings. The van der Waals surface area contributed by atoms with E-state index < -0.39 is 6.10 Å². The lowest BCUT2D eigenvalue weighted by atomic mass is 10.2. The summed E-state index contributed by atoms with van der Waals surface area (Å²) in [6, 6.07) is 8.12. The van der Waals surface area contributed by atoms with E-state index in [1.807, 2.05) is 26.1 Å². The zero-order valence-electron chi connectivity index (χ0n) is 10.7. The van der Waals surface area contributed by atoms with Crippen molar-refractivity contribution < 1.29 is 9.53 Å². The number of fused-ring (bicyclic) bond motifs is 1. The van der Waals surface area contributed by atoms with Gasteiger partial charge in [0.05, 0.1) is 5.69 Å². The molecule has 0 N–H and O–H groups in total. The van der Waals surface area contributed by atoms with E-state index in [0.717, 1.165) is 5.69 Å². The number of carbonyl (C=O) groups is 1. The summed E-state index contributed by atoms with van der Waals surface area (Å²) in [4.78, 5) is 17.1. The van der Waals surface area contributed by atoms with Crippen LogP contribution in [-0.2, 0) is 9.53 Å². The van der Waals surface area contributed by atoms with Crippen LogP contribution in [0.1, 0.15) is 6.92 Å². The minimum atomic E-state index is -0.519. The predicted molar refractivity (Wildman–Crippen MR) is 79.3 cm³/mol. The summed E-state index contributed by atoms with van der Waals surface area (Å²) in [5.74, 6) is -0.0374. The Hall–Kier alpha value is -1.27. The Morgan fingerprint density at radius 2 is 2.16 bits per heavy atom. The molecule has 4 nitrogen and oxygen atoms in total. The molecule has 2 unspecified atom stereocenters. The molecule has 0 bridgehead atoms. The Balaban J connectivity index is 1.87. The highest BCUT2D eigenvalue weighted by atomic mass is 32.2. The number of benzene rings is 1. The van der Waals surface area contributed by atoms with Crippen LogP contribution in [0.15, 0.2) is 29.2 Å². The number of para-hydroxylation sites is 1. The second kappa shape index (κ2) is 4.68. The number of hydrogen-bond acceptors (Lipinski definition) is 5. The van der Waals surface area contributed by atoms with E-state index >= 15 is 0 Å². The quantitative estimate of drug-likeness (QED) is 0.780. The van der Waals surface area contributed by atoms with Crippen LogP contribution in [0, 0.1) is 0 Å². The highest BCUT2D eigenvalue weighted by molar-refractivity contribution is 8.00. The molecule has 0 aromatic heterocycles. The van der Waals surface area contributed by atoms with Crippen LogP contribution < -0.4 is 4.90 Å². The number of anilines is 1. The van der Waals surface area contributed by atoms with Crippen LogP contribution in [-0.4, -0.2) is 41.1 Å². The number of hydrogen-bond donors (Lipinski definition) is 0. The van der Waals surface area contributed by atoms with Crippen LogP contribution in [0.3, 0.4) is 0 Å². The number of thioether (sulfide) groups is 1. The van der Waals surface area contributed by atoms with Crippen molar-refractivity contribution in [2.75, 3.05) is 18.5 Å². The fourth-order valence-corrected chi connectivity index (χ4v) is 4.03. The first-order valence-corrected chi connectivity index (χ1v) is 7.42. The first-order valence-electron chi connectivity index (χ1n) is 6.14. The third kappa shape index (κ3) is 1.90. The minimum Gasteiger partial charge on any atom is -0.454 e. The Bertz CT molecular complexity index is 549. The molecule has 1 amide bonds. The average molecular weight is 294 g/mol. The topological polar surface area (TPSA) is 32.8 Å². The number of rotatable bonds is 2. The molecule has 0 spiro atoms. The zero-order chi connectivity index (χ0) is 13.6. The van der Waals surface area contributed by atoms with Crippen molar-refractivity contribution in [1.82, 2.24) is 4.90 Å². The van der Waals surface area contributed by atoms with Crippen molar-refractivity contribution in [3.8, 4) is 0 Å². The van der Waals surface area contributed by atoms with Crippen molar-refractivity contribution in [1.29, 1.82) is 0 Å². The summed E-state index contributed by atoms with van der Waals surface area (Å²) in [6.45, 7) is 2.46. The van der Waals surface area contributed by atoms with Gasteiger partial charge in [0.2, 0.25) is 6.10 Å². The fourth-order valence-electron chi connectivity index (χ4n) is 2.39. The third-order valence-electron chi connectivity index (χ3n) is 3.41. The summed E-state index contributed by atoms with van der Waals surface area (Å²) in [5, 5.41) is 0.238. The number of likely N-dealkylation sites (N-methyl/N-ethyl adjacent to an activating group) is 2. The van der Waals surface area contributed by atoms with Gasteiger partial charge >= 0.3 is 0 Å². The van der Waals surface area contributed by atoms with Gasteiger partial charge in [-0.05, 0) is 31.3 Å². The normalized spacial score (nSPS) is 25.8. The summed E-state index contributed by atoms with van der Waals surface area (Å²) >= 11 is 6.76. The molecule has 1 fully saturated rings. The Morgan fingerprint density at radius 1 is 1.42 bits per heavy atom. The molecule has 3 rings (SSSR count). The van der Waals surface area contributed by atoms with Gasteiger partial charge in [0.1, 0.15) is 5.37 Å². The lowest BCUT2D eigenvalue weighted by Crippen LogP contribution is -2.42. The number of carbonyl (C=O) groups excluding carboxylic acids is 1. The van der Waals surface area contributed by atoms with Gasteiger partial charge in [0.15, 0.2) is 0 Å². The van der Waals surface area contributed by atoms with E-state index in [1.54, 1.807) is 11.8 Å². The lowest BCUT2D eigenvalue weighted by molar-refractivity contribution is -0.129. The largest absolute Gasteiger partial charge is 0.454 e. The number of thiocarbonyl (C=S) groups is 1. The SMILES string of the molecule is CCN1C(=O)C(C2Sc3ccccc3N2C)OC1=S. The van der Waals surface area contributed by atoms with Gasteiger partial charge < -0.3 is 9.64 Å². The summed E-state index contributed by atoms with van der Waals surface area (Å²) in [7, 11) is 1.98. The molecule has 100 valence electrons. The van der Waals surface area contributed by atoms with Crippen LogP contribution in [0.2, 0.25) is 0 Å². The molecule has 19 heavy (non-hydrogen) atoms. The van der Waals surface area contributed by atoms with Crippen molar-refractivity contribution in [3.05, 3.63) is 24.3 Å². The summed E-state index contributed by atoms with van der Waals surface area (Å²) in [5.41, 5.74) is 1.13. The Labute approximate surface area is 121 Å². The van der Waals surface area contributed by atoms with Gasteiger partial charge in [-0.2, -0.15) is 0 Å². The molecule has 0 radical (unpaired) electrons. The number of amides is 1. The molecular formula is C13H14N2O2S2. The fraction of sp³-hybridized carbons (Fsp3) is 0.385. The summed E-state index contributed by atoms with van der Waals surface area (Å²) < 4.78 is 5.61. The van der Waals surface area contributed by atoms with E-state index in [0.29, 0.717) is 11.7 Å². The minimum absolute atomic E-state index is 0.0374. The second-order valence-electron chi connectivity index (χ2n) is 4.47. The molecule has 1 aromatic carbocycles. The average Bonchev–Trinajstić information content (AvgIpc) is 2.88. The standard InChI is InChI=1S/C13H14N2O2S2/c1-3-15-11(16)10(17-13(15)18)12-14(2)8-6-4-5-7-9(8)19-12/h4-7,10,12H,3H2,1-2H3. The molecule has 0 aliphatic carbocycles. The van der Waals surface area contributed by atoms with E-state index in [9.17, 15) is 4.79 Å². The third-order valence-corrected chi connectivity index (χ3v) is 5.13. The first-order chi connectivity index (χ1) is 9.13. The predicted octanol–water partition coefficient (Wildman–Crippen LogP) is 2.09. The first kappa shape index (κ1) is 12.7. The van der Waals surface area contributed by atoms with Gasteiger partial charge in [-0.1, -0.05) is 23.9 Å². The Kier molecular flexibility index (Phi) is 3.14. The maximum atomic E-state index is 12.3. The van der Waals surface area contributed by atoms with E-state index in [1.165, 1.54) is 9.80 Å². The van der Waals surface area contributed by atoms with Gasteiger partial charge in [0, 0.05) is 18.5 Å². The highest BCUT2D eigenvalue weighted by Gasteiger charge is 2.46. The maximum absolute atomic E-state index is 12.3. The van der Waals surface area contributed by atoms with E-state index in [4.69, 9.17) is 17.0 Å². The molecular weight excluding hydrogens is 280 g/mol. The molecule has 0 saturated carbocycles. The van der Waals surface area contributed by atoms with Gasteiger partial charge in [0.25, 0.3) is 11.1 Å². The maximum Gasteiger partial charge on any atom is 0.274 e. The van der Waals surface area contributed by atoms with Crippen LogP contribution in [0.25, 0.3) is 0 Å². The van der Waals surface area contributed by atoms with Crippen LogP contribution in [0.5, 0.6) is 0 Å². The van der Waals surface area contributed by atoms with Crippen molar-refractivity contribution in [2.24, 2.45) is 0 Å². The van der Waals surface area contributed by atoms with Crippen molar-refractivity contribution in [3.63, 3.8) is 0 Å². The lowest BCUT2D eigenvalue weighted by Gasteiger charge is -2.24. The van der Waals surface area contributed by atoms with Gasteiger partial charge in [-0.25, -0.2) is 0 Å². The zero-order valence-corrected chi connectivity index (χ0v) is 12.3. The monoisotopic (exact) mass is 294 g/mol. The number of nitrogens with zero attached hydrogens (tertiary/aromatic N) is 2. The molecule has 2 aliphatic heterocycles. The van der Waals surface area contributed by atoms with Crippen molar-refractivity contribution in [2.45, 2.75) is 23.3 Å². The van der Waals surface area contributed by atoms with Gasteiger partial charge in [-0.15, -0.1) is 0 Å². The van der Waals surface area contributed by atoms with Crippen molar-refractivity contribution >= 4 is 40.7 Å². The molecule has 1 saturated heterocycles. The molecule has 6 heteroatoms. The molecule has 2 atom stereocenters. The molecule has 2 heterocycles. The van der Waals surface area contributed by atoms with E-state index in [-0.39, 0.29) is 11.3 Å². The van der Waals surface area contributed by atoms with Crippen LogP contribution >= 0.6 is 24.0 Å². The van der Waals surface area contributed by atoms with Gasteiger partial charge in [-0.3, -0.25) is 9.69 Å². The Morgan fingerprint density at radius 3 is 2.79 bits per heavy atom. The van der Waals surface area contributed by atoms with E-state index in [2.05, 4.69) is 17.0 Å². The summed E-state index contributed by atoms with van der Waals surface area (Å²) in [6.07, 6.45) is -0.519. The highest BCUT2D eigenvalue weighted by Crippen LogP contribution is 2.45. The second-order valence-corrected chi connectivity index (χ2v) is 5.98. The van der Waals surface area contributed by atoms with Crippen LogP contribution in [0.4, 0.5) is 5.69 Å². The smallest absolute Gasteiger partial charge is 0.274 e.